The smallest absolute Gasteiger partial charge is 0.140 e. The number of ether oxygens (including phenoxy) is 1. The van der Waals surface area contributed by atoms with E-state index in [9.17, 15) is 0 Å². The molecule has 20 heavy (non-hydrogen) atoms. The van der Waals surface area contributed by atoms with Gasteiger partial charge in [-0.2, -0.15) is 5.26 Å². The number of nitrogens with zero attached hydrogens (tertiary/aromatic N) is 2. The molecule has 0 saturated carbocycles. The minimum Gasteiger partial charge on any atom is -0.486 e. The molecule has 0 aliphatic rings. The van der Waals surface area contributed by atoms with Crippen LogP contribution in [0.3, 0.4) is 0 Å². The SMILES string of the molecule is CCc1cccc(OCc2nc(C(C)C)c(C#N)s2)c1. The zero-order valence-corrected chi connectivity index (χ0v) is 12.8. The first-order valence-electron chi connectivity index (χ1n) is 6.75. The van der Waals surface area contributed by atoms with Crippen molar-refractivity contribution >= 4 is 11.3 Å². The zero-order chi connectivity index (χ0) is 14.5. The summed E-state index contributed by atoms with van der Waals surface area (Å²) in [4.78, 5) is 5.20. The van der Waals surface area contributed by atoms with E-state index in [1.165, 1.54) is 16.9 Å². The van der Waals surface area contributed by atoms with Crippen molar-refractivity contribution < 1.29 is 4.74 Å². The fourth-order valence-corrected chi connectivity index (χ4v) is 2.84. The molecule has 4 heteroatoms. The van der Waals surface area contributed by atoms with E-state index in [4.69, 9.17) is 10.00 Å². The molecule has 0 fully saturated rings. The minimum absolute atomic E-state index is 0.262. The van der Waals surface area contributed by atoms with Crippen molar-refractivity contribution in [3.8, 4) is 11.8 Å². The Morgan fingerprint density at radius 2 is 2.20 bits per heavy atom. The average molecular weight is 286 g/mol. The fraction of sp³-hybridized carbons (Fsp3) is 0.375. The molecule has 0 radical (unpaired) electrons. The van der Waals surface area contributed by atoms with Gasteiger partial charge in [-0.3, -0.25) is 0 Å². The van der Waals surface area contributed by atoms with Gasteiger partial charge in [0.1, 0.15) is 28.3 Å². The zero-order valence-electron chi connectivity index (χ0n) is 12.0. The van der Waals surface area contributed by atoms with Crippen molar-refractivity contribution in [3.63, 3.8) is 0 Å². The van der Waals surface area contributed by atoms with Crippen molar-refractivity contribution in [1.29, 1.82) is 5.26 Å². The van der Waals surface area contributed by atoms with Gasteiger partial charge in [-0.25, -0.2) is 4.98 Å². The first-order valence-corrected chi connectivity index (χ1v) is 7.57. The lowest BCUT2D eigenvalue weighted by Crippen LogP contribution is -1.97. The Kier molecular flexibility index (Phi) is 4.75. The Balaban J connectivity index is 2.09. The van der Waals surface area contributed by atoms with E-state index in [2.05, 4.69) is 24.0 Å². The van der Waals surface area contributed by atoms with Crippen LogP contribution in [0.2, 0.25) is 0 Å². The predicted molar refractivity (Wildman–Crippen MR) is 81.1 cm³/mol. The molecule has 0 bridgehead atoms. The summed E-state index contributed by atoms with van der Waals surface area (Å²) in [5.41, 5.74) is 2.13. The number of rotatable bonds is 5. The Morgan fingerprint density at radius 1 is 1.40 bits per heavy atom. The average Bonchev–Trinajstić information content (AvgIpc) is 2.89. The van der Waals surface area contributed by atoms with Crippen LogP contribution in [0.25, 0.3) is 0 Å². The second kappa shape index (κ2) is 6.53. The molecule has 2 rings (SSSR count). The van der Waals surface area contributed by atoms with Crippen molar-refractivity contribution in [2.75, 3.05) is 0 Å². The quantitative estimate of drug-likeness (QED) is 0.824. The van der Waals surface area contributed by atoms with E-state index >= 15 is 0 Å². The van der Waals surface area contributed by atoms with Crippen LogP contribution in [0.4, 0.5) is 0 Å². The molecule has 1 heterocycles. The highest BCUT2D eigenvalue weighted by atomic mass is 32.1. The van der Waals surface area contributed by atoms with Crippen LogP contribution in [-0.2, 0) is 13.0 Å². The number of hydrogen-bond donors (Lipinski definition) is 0. The van der Waals surface area contributed by atoms with Crippen LogP contribution in [-0.4, -0.2) is 4.98 Å². The maximum absolute atomic E-state index is 9.11. The topological polar surface area (TPSA) is 45.9 Å². The molecular weight excluding hydrogens is 268 g/mol. The largest absolute Gasteiger partial charge is 0.486 e. The van der Waals surface area contributed by atoms with Gasteiger partial charge in [0.05, 0.1) is 5.69 Å². The number of nitriles is 1. The van der Waals surface area contributed by atoms with Gasteiger partial charge in [0.25, 0.3) is 0 Å². The molecule has 104 valence electrons. The second-order valence-corrected chi connectivity index (χ2v) is 5.96. The molecule has 0 N–H and O–H groups in total. The fourth-order valence-electron chi connectivity index (χ4n) is 1.91. The summed E-state index contributed by atoms with van der Waals surface area (Å²) < 4.78 is 5.77. The van der Waals surface area contributed by atoms with Gasteiger partial charge in [0.15, 0.2) is 0 Å². The van der Waals surface area contributed by atoms with E-state index in [1.54, 1.807) is 0 Å². The monoisotopic (exact) mass is 286 g/mol. The third-order valence-corrected chi connectivity index (χ3v) is 3.96. The van der Waals surface area contributed by atoms with Crippen LogP contribution < -0.4 is 4.74 Å². The van der Waals surface area contributed by atoms with Crippen LogP contribution in [0.15, 0.2) is 24.3 Å². The van der Waals surface area contributed by atoms with E-state index in [-0.39, 0.29) is 5.92 Å². The lowest BCUT2D eigenvalue weighted by molar-refractivity contribution is 0.305. The van der Waals surface area contributed by atoms with Gasteiger partial charge >= 0.3 is 0 Å². The summed E-state index contributed by atoms with van der Waals surface area (Å²) in [6.45, 7) is 6.63. The van der Waals surface area contributed by atoms with Crippen molar-refractivity contribution in [1.82, 2.24) is 4.98 Å². The molecule has 1 aromatic heterocycles. The number of thiazole rings is 1. The number of aromatic nitrogens is 1. The first-order chi connectivity index (χ1) is 9.63. The highest BCUT2D eigenvalue weighted by Gasteiger charge is 2.14. The van der Waals surface area contributed by atoms with Gasteiger partial charge in [-0.05, 0) is 30.0 Å². The standard InChI is InChI=1S/C16H18N2OS/c1-4-12-6-5-7-13(8-12)19-10-15-18-16(11(2)3)14(9-17)20-15/h5-8,11H,4,10H2,1-3H3. The maximum Gasteiger partial charge on any atom is 0.140 e. The highest BCUT2D eigenvalue weighted by molar-refractivity contribution is 7.12. The van der Waals surface area contributed by atoms with E-state index in [0.29, 0.717) is 11.5 Å². The minimum atomic E-state index is 0.262. The van der Waals surface area contributed by atoms with Crippen LogP contribution in [0.1, 0.15) is 47.8 Å². The summed E-state index contributed by atoms with van der Waals surface area (Å²) in [7, 11) is 0. The van der Waals surface area contributed by atoms with E-state index in [0.717, 1.165) is 22.9 Å². The van der Waals surface area contributed by atoms with Crippen molar-refractivity contribution in [3.05, 3.63) is 45.4 Å². The first kappa shape index (κ1) is 14.5. The molecule has 0 spiro atoms. The summed E-state index contributed by atoms with van der Waals surface area (Å²) in [5, 5.41) is 9.97. The molecule has 0 atom stereocenters. The number of benzene rings is 1. The molecule has 1 aromatic carbocycles. The van der Waals surface area contributed by atoms with E-state index < -0.39 is 0 Å². The van der Waals surface area contributed by atoms with Gasteiger partial charge in [-0.1, -0.05) is 32.9 Å². The van der Waals surface area contributed by atoms with Crippen LogP contribution >= 0.6 is 11.3 Å². The number of hydrogen-bond acceptors (Lipinski definition) is 4. The Labute approximate surface area is 123 Å². The normalized spacial score (nSPS) is 10.6. The third kappa shape index (κ3) is 3.37. The van der Waals surface area contributed by atoms with Crippen LogP contribution in [0.5, 0.6) is 5.75 Å². The molecular formula is C16H18N2OS. The lowest BCUT2D eigenvalue weighted by Gasteiger charge is -2.05. The van der Waals surface area contributed by atoms with Gasteiger partial charge < -0.3 is 4.74 Å². The van der Waals surface area contributed by atoms with Crippen molar-refractivity contribution in [2.45, 2.75) is 39.7 Å². The number of aryl methyl sites for hydroxylation is 1. The molecule has 0 unspecified atom stereocenters. The lowest BCUT2D eigenvalue weighted by atomic mass is 10.1. The highest BCUT2D eigenvalue weighted by Crippen LogP contribution is 2.25. The molecule has 2 aromatic rings. The molecule has 3 nitrogen and oxygen atoms in total. The predicted octanol–water partition coefficient (Wildman–Crippen LogP) is 4.28. The molecule has 0 aliphatic heterocycles. The van der Waals surface area contributed by atoms with Gasteiger partial charge in [-0.15, -0.1) is 11.3 Å². The second-order valence-electron chi connectivity index (χ2n) is 4.88. The van der Waals surface area contributed by atoms with E-state index in [1.807, 2.05) is 32.0 Å². The Bertz CT molecular complexity index is 626. The molecule has 0 saturated heterocycles. The Hall–Kier alpha value is -1.86. The van der Waals surface area contributed by atoms with Crippen LogP contribution in [0, 0.1) is 11.3 Å². The van der Waals surface area contributed by atoms with Gasteiger partial charge in [0, 0.05) is 0 Å². The molecule has 0 aliphatic carbocycles. The third-order valence-electron chi connectivity index (χ3n) is 3.02. The summed E-state index contributed by atoms with van der Waals surface area (Å²) in [6.07, 6.45) is 0.991. The van der Waals surface area contributed by atoms with Crippen molar-refractivity contribution in [2.24, 2.45) is 0 Å². The summed E-state index contributed by atoms with van der Waals surface area (Å²) in [5.74, 6) is 1.11. The summed E-state index contributed by atoms with van der Waals surface area (Å²) >= 11 is 1.42. The van der Waals surface area contributed by atoms with Gasteiger partial charge in [0.2, 0.25) is 0 Å². The Morgan fingerprint density at radius 3 is 2.80 bits per heavy atom. The molecule has 0 amide bonds. The maximum atomic E-state index is 9.11. The summed E-state index contributed by atoms with van der Waals surface area (Å²) in [6, 6.07) is 10.3.